The van der Waals surface area contributed by atoms with Gasteiger partial charge in [-0.2, -0.15) is 5.26 Å². The molecule has 0 unspecified atom stereocenters. The van der Waals surface area contributed by atoms with Crippen LogP contribution < -0.4 is 5.32 Å². The van der Waals surface area contributed by atoms with Gasteiger partial charge in [-0.3, -0.25) is 0 Å². The van der Waals surface area contributed by atoms with Crippen LogP contribution >= 0.6 is 11.6 Å². The molecule has 1 aromatic heterocycles. The minimum Gasteiger partial charge on any atom is -0.364 e. The summed E-state index contributed by atoms with van der Waals surface area (Å²) in [5, 5.41) is 12.6. The van der Waals surface area contributed by atoms with Gasteiger partial charge in [0, 0.05) is 11.7 Å². The highest BCUT2D eigenvalue weighted by molar-refractivity contribution is 6.34. The van der Waals surface area contributed by atoms with E-state index in [0.717, 1.165) is 12.8 Å². The van der Waals surface area contributed by atoms with Gasteiger partial charge in [-0.15, -0.1) is 0 Å². The van der Waals surface area contributed by atoms with Gasteiger partial charge in [0.05, 0.1) is 5.56 Å². The summed E-state index contributed by atoms with van der Waals surface area (Å²) in [6.07, 6.45) is 3.54. The summed E-state index contributed by atoms with van der Waals surface area (Å²) < 4.78 is 0. The maximum Gasteiger partial charge on any atom is 0.146 e. The number of aromatic nitrogens is 1. The second-order valence-corrected chi connectivity index (χ2v) is 4.40. The molecule has 1 N–H and O–H groups in total. The van der Waals surface area contributed by atoms with Crippen LogP contribution in [0.4, 0.5) is 5.82 Å². The number of hydrogen-bond acceptors (Lipinski definition) is 3. The number of nitriles is 1. The van der Waals surface area contributed by atoms with Crippen molar-refractivity contribution >= 4 is 17.4 Å². The Balaban J connectivity index is 3.03. The van der Waals surface area contributed by atoms with Gasteiger partial charge in [0.2, 0.25) is 0 Å². The molecule has 16 heavy (non-hydrogen) atoms. The van der Waals surface area contributed by atoms with Crippen molar-refractivity contribution in [3.8, 4) is 6.07 Å². The van der Waals surface area contributed by atoms with E-state index in [-0.39, 0.29) is 5.54 Å². The Bertz CT molecular complexity index is 405. The van der Waals surface area contributed by atoms with Crippen LogP contribution in [0.15, 0.2) is 12.3 Å². The molecule has 0 saturated heterocycles. The average molecular weight is 238 g/mol. The van der Waals surface area contributed by atoms with Crippen LogP contribution in [0.5, 0.6) is 0 Å². The van der Waals surface area contributed by atoms with Crippen LogP contribution in [0.3, 0.4) is 0 Å². The first-order valence-electron chi connectivity index (χ1n) is 5.39. The van der Waals surface area contributed by atoms with E-state index in [9.17, 15) is 0 Å². The lowest BCUT2D eigenvalue weighted by Gasteiger charge is -2.29. The predicted molar refractivity (Wildman–Crippen MR) is 66.6 cm³/mol. The van der Waals surface area contributed by atoms with Gasteiger partial charge < -0.3 is 5.32 Å². The molecule has 0 atom stereocenters. The van der Waals surface area contributed by atoms with Gasteiger partial charge in [-0.25, -0.2) is 4.98 Å². The average Bonchev–Trinajstić information content (AvgIpc) is 2.32. The first kappa shape index (κ1) is 12.8. The van der Waals surface area contributed by atoms with Crippen molar-refractivity contribution in [2.45, 2.75) is 39.2 Å². The fourth-order valence-corrected chi connectivity index (χ4v) is 1.53. The number of hydrogen-bond donors (Lipinski definition) is 1. The van der Waals surface area contributed by atoms with Crippen LogP contribution in [0.1, 0.15) is 39.2 Å². The number of nitrogens with one attached hydrogen (secondary N) is 1. The van der Waals surface area contributed by atoms with Gasteiger partial charge in [-0.05, 0) is 25.8 Å². The Morgan fingerprint density at radius 2 is 2.12 bits per heavy atom. The highest BCUT2D eigenvalue weighted by Crippen LogP contribution is 2.27. The number of nitrogens with zero attached hydrogens (tertiary/aromatic N) is 2. The summed E-state index contributed by atoms with van der Waals surface area (Å²) in [6, 6.07) is 3.66. The summed E-state index contributed by atoms with van der Waals surface area (Å²) in [7, 11) is 0. The lowest BCUT2D eigenvalue weighted by molar-refractivity contribution is 0.477. The zero-order chi connectivity index (χ0) is 12.2. The van der Waals surface area contributed by atoms with E-state index < -0.39 is 0 Å². The van der Waals surface area contributed by atoms with E-state index in [2.05, 4.69) is 31.1 Å². The molecule has 1 rings (SSSR count). The molecule has 0 spiro atoms. The molecule has 86 valence electrons. The molecule has 0 amide bonds. The maximum absolute atomic E-state index is 8.87. The molecule has 0 fully saturated rings. The molecule has 1 heterocycles. The van der Waals surface area contributed by atoms with Crippen molar-refractivity contribution < 1.29 is 0 Å². The number of pyridine rings is 1. The molecule has 3 nitrogen and oxygen atoms in total. The third-order valence-corrected chi connectivity index (χ3v) is 3.37. The highest BCUT2D eigenvalue weighted by Gasteiger charge is 2.21. The number of anilines is 1. The minimum atomic E-state index is -0.0370. The Morgan fingerprint density at radius 3 is 2.62 bits per heavy atom. The Labute approximate surface area is 101 Å². The lowest BCUT2D eigenvalue weighted by Crippen LogP contribution is -2.33. The zero-order valence-corrected chi connectivity index (χ0v) is 10.6. The van der Waals surface area contributed by atoms with Gasteiger partial charge in [0.25, 0.3) is 0 Å². The van der Waals surface area contributed by atoms with Crippen molar-refractivity contribution in [2.24, 2.45) is 0 Å². The number of halogens is 1. The fourth-order valence-electron chi connectivity index (χ4n) is 1.33. The number of rotatable bonds is 4. The summed E-state index contributed by atoms with van der Waals surface area (Å²) >= 11 is 6.08. The van der Waals surface area contributed by atoms with E-state index in [4.69, 9.17) is 16.9 Å². The molecule has 0 radical (unpaired) electrons. The third-order valence-electron chi connectivity index (χ3n) is 2.99. The maximum atomic E-state index is 8.87. The molecule has 0 aliphatic rings. The first-order valence-corrected chi connectivity index (χ1v) is 5.77. The van der Waals surface area contributed by atoms with E-state index >= 15 is 0 Å². The minimum absolute atomic E-state index is 0.0370. The van der Waals surface area contributed by atoms with E-state index in [1.807, 2.05) is 6.07 Å². The molecule has 0 aliphatic carbocycles. The Morgan fingerprint density at radius 1 is 1.50 bits per heavy atom. The summed E-state index contributed by atoms with van der Waals surface area (Å²) in [5.41, 5.74) is 0.416. The molecule has 0 saturated carbocycles. The molecule has 0 bridgehead atoms. The molecule has 1 aromatic rings. The lowest BCUT2D eigenvalue weighted by atomic mass is 9.95. The van der Waals surface area contributed by atoms with Crippen LogP contribution in [-0.4, -0.2) is 10.5 Å². The Hall–Kier alpha value is -1.27. The molecule has 0 aromatic carbocycles. The summed E-state index contributed by atoms with van der Waals surface area (Å²) in [5.74, 6) is 0.590. The topological polar surface area (TPSA) is 48.7 Å². The van der Waals surface area contributed by atoms with Crippen molar-refractivity contribution in [1.82, 2.24) is 4.98 Å². The monoisotopic (exact) mass is 237 g/mol. The normalized spacial score (nSPS) is 10.9. The van der Waals surface area contributed by atoms with E-state index in [1.165, 1.54) is 0 Å². The second-order valence-electron chi connectivity index (χ2n) is 4.03. The van der Waals surface area contributed by atoms with Crippen LogP contribution in [0.2, 0.25) is 5.02 Å². The summed E-state index contributed by atoms with van der Waals surface area (Å²) in [6.45, 7) is 6.33. The smallest absolute Gasteiger partial charge is 0.146 e. The van der Waals surface area contributed by atoms with Crippen LogP contribution in [0.25, 0.3) is 0 Å². The van der Waals surface area contributed by atoms with Gasteiger partial charge in [-0.1, -0.05) is 25.4 Å². The van der Waals surface area contributed by atoms with Crippen molar-refractivity contribution in [2.75, 3.05) is 5.32 Å². The second kappa shape index (κ2) is 5.18. The highest BCUT2D eigenvalue weighted by atomic mass is 35.5. The quantitative estimate of drug-likeness (QED) is 0.871. The largest absolute Gasteiger partial charge is 0.364 e. The van der Waals surface area contributed by atoms with Gasteiger partial charge in [0.15, 0.2) is 0 Å². The first-order chi connectivity index (χ1) is 7.56. The van der Waals surface area contributed by atoms with E-state index in [0.29, 0.717) is 16.4 Å². The molecule has 4 heteroatoms. The fraction of sp³-hybridized carbons (Fsp3) is 0.500. The van der Waals surface area contributed by atoms with Crippen molar-refractivity contribution in [3.05, 3.63) is 22.8 Å². The Kier molecular flexibility index (Phi) is 4.14. The molecular formula is C12H16ClN3. The zero-order valence-electron chi connectivity index (χ0n) is 9.84. The third kappa shape index (κ3) is 2.65. The SMILES string of the molecule is CCC(C)(CC)Nc1nccc(C#N)c1Cl. The molecule has 0 aliphatic heterocycles. The predicted octanol–water partition coefficient (Wildman–Crippen LogP) is 3.60. The van der Waals surface area contributed by atoms with Crippen LogP contribution in [-0.2, 0) is 0 Å². The van der Waals surface area contributed by atoms with E-state index in [1.54, 1.807) is 12.3 Å². The standard InChI is InChI=1S/C12H16ClN3/c1-4-12(3,5-2)16-11-10(13)9(8-14)6-7-15-11/h6-7H,4-5H2,1-3H3,(H,15,16). The summed E-state index contributed by atoms with van der Waals surface area (Å²) in [4.78, 5) is 4.17. The van der Waals surface area contributed by atoms with Crippen LogP contribution in [0, 0.1) is 11.3 Å². The van der Waals surface area contributed by atoms with Gasteiger partial charge in [0.1, 0.15) is 16.9 Å². The molecular weight excluding hydrogens is 222 g/mol. The van der Waals surface area contributed by atoms with Gasteiger partial charge >= 0.3 is 0 Å². The van der Waals surface area contributed by atoms with Crippen molar-refractivity contribution in [3.63, 3.8) is 0 Å². The van der Waals surface area contributed by atoms with Crippen molar-refractivity contribution in [1.29, 1.82) is 5.26 Å².